The first-order valence-corrected chi connectivity index (χ1v) is 8.77. The molecule has 26 heavy (non-hydrogen) atoms. The molecule has 0 saturated heterocycles. The molecule has 4 nitrogen and oxygen atoms in total. The smallest absolute Gasteiger partial charge is 0.253 e. The monoisotopic (exact) mass is 345 g/mol. The quantitative estimate of drug-likeness (QED) is 0.464. The average Bonchev–Trinajstić information content (AvgIpc) is 3.18. The first kappa shape index (κ1) is 17.7. The molecule has 132 valence electrons. The Kier molecular flexibility index (Phi) is 5.64. The summed E-state index contributed by atoms with van der Waals surface area (Å²) < 4.78 is 1.86. The topological polar surface area (TPSA) is 38.1 Å². The third-order valence-electron chi connectivity index (χ3n) is 4.30. The van der Waals surface area contributed by atoms with E-state index < -0.39 is 0 Å². The third-order valence-corrected chi connectivity index (χ3v) is 4.30. The van der Waals surface area contributed by atoms with E-state index in [1.54, 1.807) is 11.1 Å². The lowest BCUT2D eigenvalue weighted by Gasteiger charge is -2.17. The summed E-state index contributed by atoms with van der Waals surface area (Å²) in [6.45, 7) is 4.44. The van der Waals surface area contributed by atoms with Crippen molar-refractivity contribution in [1.29, 1.82) is 0 Å². The van der Waals surface area contributed by atoms with Gasteiger partial charge in [0.2, 0.25) is 0 Å². The average molecular weight is 345 g/mol. The molecule has 0 aliphatic carbocycles. The van der Waals surface area contributed by atoms with Gasteiger partial charge in [-0.2, -0.15) is 5.10 Å². The number of hydrogen-bond acceptors (Lipinski definition) is 2. The van der Waals surface area contributed by atoms with Crippen LogP contribution < -0.4 is 0 Å². The number of allylic oxidation sites excluding steroid dienone is 1. The minimum atomic E-state index is 0.0179. The van der Waals surface area contributed by atoms with Crippen LogP contribution in [0.15, 0.2) is 79.5 Å². The van der Waals surface area contributed by atoms with E-state index in [2.05, 4.69) is 23.8 Å². The Balaban J connectivity index is 1.86. The van der Waals surface area contributed by atoms with Crippen molar-refractivity contribution in [2.75, 3.05) is 13.6 Å². The van der Waals surface area contributed by atoms with Crippen molar-refractivity contribution in [3.63, 3.8) is 0 Å². The van der Waals surface area contributed by atoms with E-state index >= 15 is 0 Å². The molecule has 0 atom stereocenters. The third kappa shape index (κ3) is 3.91. The van der Waals surface area contributed by atoms with Crippen molar-refractivity contribution in [3.05, 3.63) is 85.1 Å². The van der Waals surface area contributed by atoms with Crippen LogP contribution >= 0.6 is 0 Å². The molecule has 0 radical (unpaired) electrons. The van der Waals surface area contributed by atoms with Crippen molar-refractivity contribution in [1.82, 2.24) is 14.7 Å². The zero-order valence-corrected chi connectivity index (χ0v) is 15.0. The van der Waals surface area contributed by atoms with Gasteiger partial charge in [0.15, 0.2) is 0 Å². The van der Waals surface area contributed by atoms with E-state index in [-0.39, 0.29) is 5.91 Å². The molecular weight excluding hydrogens is 322 g/mol. The van der Waals surface area contributed by atoms with Gasteiger partial charge < -0.3 is 4.90 Å². The number of amides is 1. The summed E-state index contributed by atoms with van der Waals surface area (Å²) in [7, 11) is 1.83. The van der Waals surface area contributed by atoms with Crippen LogP contribution in [0.1, 0.15) is 23.2 Å². The predicted octanol–water partition coefficient (Wildman–Crippen LogP) is 4.58. The highest BCUT2D eigenvalue weighted by molar-refractivity contribution is 5.94. The minimum Gasteiger partial charge on any atom is -0.342 e. The lowest BCUT2D eigenvalue weighted by Crippen LogP contribution is -2.27. The van der Waals surface area contributed by atoms with Gasteiger partial charge in [-0.15, -0.1) is 6.58 Å². The summed E-state index contributed by atoms with van der Waals surface area (Å²) >= 11 is 0. The largest absolute Gasteiger partial charge is 0.342 e. The summed E-state index contributed by atoms with van der Waals surface area (Å²) in [5, 5.41) is 4.45. The Morgan fingerprint density at radius 3 is 2.73 bits per heavy atom. The van der Waals surface area contributed by atoms with Gasteiger partial charge in [0, 0.05) is 24.7 Å². The lowest BCUT2D eigenvalue weighted by molar-refractivity contribution is 0.0794. The number of aromatic nitrogens is 2. The van der Waals surface area contributed by atoms with Crippen molar-refractivity contribution in [2.45, 2.75) is 12.8 Å². The van der Waals surface area contributed by atoms with Crippen molar-refractivity contribution in [3.8, 4) is 16.9 Å². The highest BCUT2D eigenvalue weighted by atomic mass is 16.2. The van der Waals surface area contributed by atoms with Gasteiger partial charge in [-0.1, -0.05) is 42.5 Å². The number of benzene rings is 2. The molecule has 0 aliphatic rings. The minimum absolute atomic E-state index is 0.0179. The van der Waals surface area contributed by atoms with Gasteiger partial charge in [0.05, 0.1) is 17.6 Å². The van der Waals surface area contributed by atoms with Crippen LogP contribution in [0.3, 0.4) is 0 Å². The van der Waals surface area contributed by atoms with Crippen molar-refractivity contribution in [2.24, 2.45) is 0 Å². The van der Waals surface area contributed by atoms with E-state index in [1.807, 2.05) is 66.3 Å². The molecule has 2 aromatic carbocycles. The van der Waals surface area contributed by atoms with E-state index in [0.29, 0.717) is 12.1 Å². The highest BCUT2D eigenvalue weighted by Gasteiger charge is 2.13. The van der Waals surface area contributed by atoms with Gasteiger partial charge in [-0.25, -0.2) is 4.68 Å². The Hall–Kier alpha value is -3.14. The van der Waals surface area contributed by atoms with Crippen LogP contribution in [-0.4, -0.2) is 34.2 Å². The number of hydrogen-bond donors (Lipinski definition) is 0. The first-order valence-electron chi connectivity index (χ1n) is 8.77. The molecule has 0 saturated carbocycles. The maximum absolute atomic E-state index is 12.7. The van der Waals surface area contributed by atoms with E-state index in [0.717, 1.165) is 29.8 Å². The zero-order chi connectivity index (χ0) is 18.4. The lowest BCUT2D eigenvalue weighted by atomic mass is 10.1. The first-order chi connectivity index (χ1) is 12.7. The fraction of sp³-hybridized carbons (Fsp3) is 0.182. The van der Waals surface area contributed by atoms with Crippen LogP contribution in [-0.2, 0) is 0 Å². The standard InChI is InChI=1S/C22H23N3O/c1-3-4-8-16-24(2)22(26)19-12-9-13-20(17-19)25-21(14-15-23-25)18-10-6-5-7-11-18/h3,5-7,9-15,17H,1,4,8,16H2,2H3. The molecule has 1 amide bonds. The van der Waals surface area contributed by atoms with Crippen LogP contribution in [0.4, 0.5) is 0 Å². The SMILES string of the molecule is C=CCCCN(C)C(=O)c1cccc(-n2nccc2-c2ccccc2)c1. The molecule has 0 bridgehead atoms. The van der Waals surface area contributed by atoms with Gasteiger partial charge in [-0.05, 0) is 37.1 Å². The van der Waals surface area contributed by atoms with Gasteiger partial charge in [-0.3, -0.25) is 4.79 Å². The Morgan fingerprint density at radius 2 is 1.96 bits per heavy atom. The van der Waals surface area contributed by atoms with Crippen LogP contribution in [0.25, 0.3) is 16.9 Å². The molecular formula is C22H23N3O. The molecule has 0 spiro atoms. The maximum atomic E-state index is 12.7. The van der Waals surface area contributed by atoms with Crippen LogP contribution in [0.5, 0.6) is 0 Å². The number of carbonyl (C=O) groups excluding carboxylic acids is 1. The zero-order valence-electron chi connectivity index (χ0n) is 15.0. The number of carbonyl (C=O) groups is 1. The fourth-order valence-corrected chi connectivity index (χ4v) is 2.90. The molecule has 0 unspecified atom stereocenters. The second-order valence-electron chi connectivity index (χ2n) is 6.20. The summed E-state index contributed by atoms with van der Waals surface area (Å²) in [5.74, 6) is 0.0179. The number of unbranched alkanes of at least 4 members (excludes halogenated alkanes) is 1. The second-order valence-corrected chi connectivity index (χ2v) is 6.20. The summed E-state index contributed by atoms with van der Waals surface area (Å²) in [5.41, 5.74) is 3.62. The fourth-order valence-electron chi connectivity index (χ4n) is 2.90. The van der Waals surface area contributed by atoms with Crippen molar-refractivity contribution >= 4 is 5.91 Å². The molecule has 0 N–H and O–H groups in total. The van der Waals surface area contributed by atoms with Gasteiger partial charge >= 0.3 is 0 Å². The summed E-state index contributed by atoms with van der Waals surface area (Å²) in [4.78, 5) is 14.4. The van der Waals surface area contributed by atoms with E-state index in [1.165, 1.54) is 0 Å². The van der Waals surface area contributed by atoms with Crippen LogP contribution in [0.2, 0.25) is 0 Å². The number of rotatable bonds is 7. The summed E-state index contributed by atoms with van der Waals surface area (Å²) in [6.07, 6.45) is 5.48. The molecule has 0 fully saturated rings. The van der Waals surface area contributed by atoms with Crippen molar-refractivity contribution < 1.29 is 4.79 Å². The van der Waals surface area contributed by atoms with E-state index in [9.17, 15) is 4.79 Å². The van der Waals surface area contributed by atoms with E-state index in [4.69, 9.17) is 0 Å². The van der Waals surface area contributed by atoms with Gasteiger partial charge in [0.25, 0.3) is 5.91 Å². The Morgan fingerprint density at radius 1 is 1.15 bits per heavy atom. The Labute approximate surface area is 154 Å². The summed E-state index contributed by atoms with van der Waals surface area (Å²) in [6, 6.07) is 19.7. The molecule has 1 heterocycles. The van der Waals surface area contributed by atoms with Gasteiger partial charge in [0.1, 0.15) is 0 Å². The Bertz CT molecular complexity index is 883. The molecule has 3 aromatic rings. The normalized spacial score (nSPS) is 10.5. The number of nitrogens with zero attached hydrogens (tertiary/aromatic N) is 3. The second kappa shape index (κ2) is 8.30. The molecule has 1 aromatic heterocycles. The molecule has 3 rings (SSSR count). The molecule has 0 aliphatic heterocycles. The van der Waals surface area contributed by atoms with Crippen LogP contribution in [0, 0.1) is 0 Å². The predicted molar refractivity (Wildman–Crippen MR) is 105 cm³/mol. The molecule has 4 heteroatoms. The highest BCUT2D eigenvalue weighted by Crippen LogP contribution is 2.22. The maximum Gasteiger partial charge on any atom is 0.253 e.